The molecule has 0 radical (unpaired) electrons. The third kappa shape index (κ3) is 1.33. The third-order valence-corrected chi connectivity index (χ3v) is 4.81. The molecule has 2 N–H and O–H groups in total. The van der Waals surface area contributed by atoms with E-state index < -0.39 is 0 Å². The van der Waals surface area contributed by atoms with Crippen molar-refractivity contribution in [1.29, 1.82) is 0 Å². The first-order valence-corrected chi connectivity index (χ1v) is 6.10. The molecule has 0 heterocycles. The highest BCUT2D eigenvalue weighted by atomic mass is 35.5. The molecule has 80 valence electrons. The topological polar surface area (TPSA) is 26.0 Å². The van der Waals surface area contributed by atoms with E-state index in [0.29, 0.717) is 27.4 Å². The summed E-state index contributed by atoms with van der Waals surface area (Å²) in [5.41, 5.74) is 7.72. The molecule has 3 rings (SSSR count). The van der Waals surface area contributed by atoms with Crippen LogP contribution in [-0.2, 0) is 5.41 Å². The molecule has 0 bridgehead atoms. The smallest absolute Gasteiger partial charge is 0.0595 e. The summed E-state index contributed by atoms with van der Waals surface area (Å²) in [6, 6.07) is 6.40. The van der Waals surface area contributed by atoms with Gasteiger partial charge in [-0.3, -0.25) is 0 Å². The Morgan fingerprint density at radius 2 is 2.07 bits per heavy atom. The van der Waals surface area contributed by atoms with Crippen molar-refractivity contribution in [1.82, 2.24) is 0 Å². The first-order valence-electron chi connectivity index (χ1n) is 5.34. The molecule has 3 unspecified atom stereocenters. The van der Waals surface area contributed by atoms with E-state index in [2.05, 4.69) is 6.07 Å². The minimum atomic E-state index is 0.341. The highest BCUT2D eigenvalue weighted by Crippen LogP contribution is 2.64. The van der Waals surface area contributed by atoms with Crippen LogP contribution in [0.3, 0.4) is 0 Å². The zero-order chi connectivity index (χ0) is 10.6. The van der Waals surface area contributed by atoms with Crippen molar-refractivity contribution < 1.29 is 0 Å². The van der Waals surface area contributed by atoms with Gasteiger partial charge in [0.05, 0.1) is 10.0 Å². The predicted octanol–water partition coefficient (Wildman–Crippen LogP) is 3.37. The van der Waals surface area contributed by atoms with E-state index in [-0.39, 0.29) is 0 Å². The Hall–Kier alpha value is -0.240. The molecule has 0 aromatic heterocycles. The lowest BCUT2D eigenvalue weighted by Gasteiger charge is -2.12. The third-order valence-electron chi connectivity index (χ3n) is 4.07. The Labute approximate surface area is 99.6 Å². The molecule has 1 aromatic carbocycles. The summed E-state index contributed by atoms with van der Waals surface area (Å²) in [6.07, 6.45) is 3.58. The van der Waals surface area contributed by atoms with Gasteiger partial charge in [-0.05, 0) is 42.9 Å². The minimum absolute atomic E-state index is 0.341. The molecule has 0 saturated heterocycles. The van der Waals surface area contributed by atoms with Crippen molar-refractivity contribution in [3.8, 4) is 0 Å². The fraction of sp³-hybridized carbons (Fsp3) is 0.500. The van der Waals surface area contributed by atoms with Gasteiger partial charge in [-0.2, -0.15) is 0 Å². The van der Waals surface area contributed by atoms with E-state index in [1.807, 2.05) is 12.1 Å². The van der Waals surface area contributed by atoms with Gasteiger partial charge in [-0.25, -0.2) is 0 Å². The van der Waals surface area contributed by atoms with Crippen LogP contribution in [0.4, 0.5) is 0 Å². The number of rotatable bonds is 1. The lowest BCUT2D eigenvalue weighted by Crippen LogP contribution is -2.19. The molecule has 0 amide bonds. The van der Waals surface area contributed by atoms with Gasteiger partial charge in [-0.1, -0.05) is 29.3 Å². The highest BCUT2D eigenvalue weighted by Gasteiger charge is 2.61. The summed E-state index contributed by atoms with van der Waals surface area (Å²) in [5, 5.41) is 1.30. The van der Waals surface area contributed by atoms with Gasteiger partial charge in [0.25, 0.3) is 0 Å². The van der Waals surface area contributed by atoms with Gasteiger partial charge < -0.3 is 5.73 Å². The number of benzene rings is 1. The van der Waals surface area contributed by atoms with Crippen LogP contribution in [-0.4, -0.2) is 6.04 Å². The van der Waals surface area contributed by atoms with Crippen LogP contribution in [0.2, 0.25) is 10.0 Å². The maximum absolute atomic E-state index is 6.05. The van der Waals surface area contributed by atoms with Crippen LogP contribution < -0.4 is 5.73 Å². The molecule has 0 aliphatic heterocycles. The molecule has 2 aliphatic carbocycles. The molecule has 1 aromatic rings. The van der Waals surface area contributed by atoms with E-state index in [1.165, 1.54) is 18.4 Å². The second-order valence-electron chi connectivity index (χ2n) is 4.80. The average molecular weight is 242 g/mol. The van der Waals surface area contributed by atoms with E-state index in [4.69, 9.17) is 28.9 Å². The number of hydrogen-bond donors (Lipinski definition) is 1. The van der Waals surface area contributed by atoms with Gasteiger partial charge in [0.2, 0.25) is 0 Å². The van der Waals surface area contributed by atoms with Gasteiger partial charge in [0, 0.05) is 11.5 Å². The lowest BCUT2D eigenvalue weighted by atomic mass is 9.93. The average Bonchev–Trinajstić information content (AvgIpc) is 2.88. The second kappa shape index (κ2) is 3.13. The van der Waals surface area contributed by atoms with Crippen molar-refractivity contribution in [2.45, 2.75) is 30.7 Å². The van der Waals surface area contributed by atoms with Crippen LogP contribution in [0, 0.1) is 5.92 Å². The number of fused-ring (bicyclic) bond motifs is 1. The van der Waals surface area contributed by atoms with Crippen LogP contribution in [0.5, 0.6) is 0 Å². The monoisotopic (exact) mass is 241 g/mol. The Bertz CT molecular complexity index is 418. The standard InChI is InChI=1S/C12H13Cl2N/c13-9-2-1-7(5-10(9)14)12-4-3-11(15)8(12)6-12/h1-2,5,8,11H,3-4,6,15H2. The Balaban J connectivity index is 1.98. The molecular weight excluding hydrogens is 229 g/mol. The van der Waals surface area contributed by atoms with Crippen molar-refractivity contribution in [3.63, 3.8) is 0 Å². The Morgan fingerprint density at radius 3 is 2.60 bits per heavy atom. The molecule has 3 atom stereocenters. The van der Waals surface area contributed by atoms with Gasteiger partial charge in [-0.15, -0.1) is 0 Å². The van der Waals surface area contributed by atoms with Crippen molar-refractivity contribution in [2.24, 2.45) is 11.7 Å². The number of nitrogens with two attached hydrogens (primary N) is 1. The lowest BCUT2D eigenvalue weighted by molar-refractivity contribution is 0.613. The van der Waals surface area contributed by atoms with E-state index in [9.17, 15) is 0 Å². The SMILES string of the molecule is NC1CCC2(c3ccc(Cl)c(Cl)c3)CC12. The largest absolute Gasteiger partial charge is 0.327 e. The second-order valence-corrected chi connectivity index (χ2v) is 5.61. The van der Waals surface area contributed by atoms with Crippen molar-refractivity contribution in [2.75, 3.05) is 0 Å². The highest BCUT2D eigenvalue weighted by molar-refractivity contribution is 6.42. The van der Waals surface area contributed by atoms with Gasteiger partial charge in [0.1, 0.15) is 0 Å². The molecule has 15 heavy (non-hydrogen) atoms. The van der Waals surface area contributed by atoms with Gasteiger partial charge in [0.15, 0.2) is 0 Å². The van der Waals surface area contributed by atoms with Crippen LogP contribution in [0.1, 0.15) is 24.8 Å². The first kappa shape index (κ1) is 9.95. The minimum Gasteiger partial charge on any atom is -0.327 e. The van der Waals surface area contributed by atoms with Crippen LogP contribution >= 0.6 is 23.2 Å². The Morgan fingerprint density at radius 1 is 1.27 bits per heavy atom. The summed E-state index contributed by atoms with van der Waals surface area (Å²) >= 11 is 12.0. The summed E-state index contributed by atoms with van der Waals surface area (Å²) in [7, 11) is 0. The van der Waals surface area contributed by atoms with E-state index in [0.717, 1.165) is 6.42 Å². The summed E-state index contributed by atoms with van der Waals surface area (Å²) in [4.78, 5) is 0. The van der Waals surface area contributed by atoms with Crippen molar-refractivity contribution in [3.05, 3.63) is 33.8 Å². The molecule has 2 fully saturated rings. The summed E-state index contributed by atoms with van der Waals surface area (Å²) in [6.45, 7) is 0. The summed E-state index contributed by atoms with van der Waals surface area (Å²) in [5.74, 6) is 0.676. The maximum Gasteiger partial charge on any atom is 0.0595 e. The van der Waals surface area contributed by atoms with Gasteiger partial charge >= 0.3 is 0 Å². The van der Waals surface area contributed by atoms with Crippen LogP contribution in [0.25, 0.3) is 0 Å². The quantitative estimate of drug-likeness (QED) is 0.802. The molecular formula is C12H13Cl2N. The molecule has 2 aliphatic rings. The maximum atomic E-state index is 6.05. The van der Waals surface area contributed by atoms with Crippen molar-refractivity contribution >= 4 is 23.2 Å². The molecule has 0 spiro atoms. The summed E-state index contributed by atoms with van der Waals surface area (Å²) < 4.78 is 0. The molecule has 2 saturated carbocycles. The normalized spacial score (nSPS) is 37.8. The van der Waals surface area contributed by atoms with E-state index >= 15 is 0 Å². The fourth-order valence-corrected chi connectivity index (χ4v) is 3.39. The Kier molecular flexibility index (Phi) is 2.08. The molecule has 3 heteroatoms. The number of hydrogen-bond acceptors (Lipinski definition) is 1. The predicted molar refractivity (Wildman–Crippen MR) is 63.5 cm³/mol. The zero-order valence-electron chi connectivity index (χ0n) is 8.34. The number of halogens is 2. The zero-order valence-corrected chi connectivity index (χ0v) is 9.85. The molecule has 1 nitrogen and oxygen atoms in total. The van der Waals surface area contributed by atoms with Crippen LogP contribution in [0.15, 0.2) is 18.2 Å². The fourth-order valence-electron chi connectivity index (χ4n) is 3.09. The first-order chi connectivity index (χ1) is 7.13. The van der Waals surface area contributed by atoms with E-state index in [1.54, 1.807) is 0 Å².